The third-order valence-corrected chi connectivity index (χ3v) is 6.66. The first kappa shape index (κ1) is 16.7. The van der Waals surface area contributed by atoms with Gasteiger partial charge in [-0.2, -0.15) is 0 Å². The van der Waals surface area contributed by atoms with E-state index in [-0.39, 0.29) is 17.3 Å². The van der Waals surface area contributed by atoms with E-state index >= 15 is 0 Å². The number of thioether (sulfide) groups is 1. The number of hydrogen-bond acceptors (Lipinski definition) is 3. The van der Waals surface area contributed by atoms with Crippen molar-refractivity contribution in [1.29, 1.82) is 0 Å². The van der Waals surface area contributed by atoms with Gasteiger partial charge in [-0.25, -0.2) is 9.69 Å². The molecule has 134 valence electrons. The summed E-state index contributed by atoms with van der Waals surface area (Å²) in [6.07, 6.45) is 0. The van der Waals surface area contributed by atoms with Gasteiger partial charge in [-0.15, -0.1) is 11.8 Å². The van der Waals surface area contributed by atoms with Crippen molar-refractivity contribution < 1.29 is 9.59 Å². The lowest BCUT2D eigenvalue weighted by Crippen LogP contribution is -2.34. The normalized spacial score (nSPS) is 22.0. The van der Waals surface area contributed by atoms with Gasteiger partial charge in [0.2, 0.25) is 0 Å². The summed E-state index contributed by atoms with van der Waals surface area (Å²) in [7, 11) is 0. The molecule has 3 aromatic rings. The Hall–Kier alpha value is -2.50. The fraction of sp³-hybridized carbons (Fsp3) is 0.143. The lowest BCUT2D eigenvalue weighted by atomic mass is 10.1. The highest BCUT2D eigenvalue weighted by Gasteiger charge is 2.53. The Morgan fingerprint density at radius 1 is 0.926 bits per heavy atom. The van der Waals surface area contributed by atoms with Crippen molar-refractivity contribution in [2.24, 2.45) is 0 Å². The first-order chi connectivity index (χ1) is 13.1. The molecule has 2 aliphatic rings. The summed E-state index contributed by atoms with van der Waals surface area (Å²) >= 11 is 7.61. The topological polar surface area (TPSA) is 40.6 Å². The van der Waals surface area contributed by atoms with Crippen LogP contribution in [0, 0.1) is 0 Å². The van der Waals surface area contributed by atoms with Gasteiger partial charge in [0.05, 0.1) is 5.69 Å². The van der Waals surface area contributed by atoms with Crippen LogP contribution in [0.3, 0.4) is 0 Å². The van der Waals surface area contributed by atoms with Gasteiger partial charge in [0.15, 0.2) is 0 Å². The smallest absolute Gasteiger partial charge is 0.295 e. The van der Waals surface area contributed by atoms with Gasteiger partial charge in [0.1, 0.15) is 11.4 Å². The molecule has 0 unspecified atom stereocenters. The molecule has 0 spiro atoms. The quantitative estimate of drug-likeness (QED) is 0.569. The molecule has 6 heteroatoms. The first-order valence-corrected chi connectivity index (χ1v) is 10.1. The second-order valence-electron chi connectivity index (χ2n) is 6.61. The molecule has 3 amide bonds. The maximum Gasteiger partial charge on any atom is 0.333 e. The molecule has 0 radical (unpaired) electrons. The van der Waals surface area contributed by atoms with Gasteiger partial charge in [-0.3, -0.25) is 9.69 Å². The molecule has 0 bridgehead atoms. The fourth-order valence-electron chi connectivity index (χ4n) is 3.80. The number of imide groups is 1. The lowest BCUT2D eigenvalue weighted by Gasteiger charge is -2.23. The molecule has 2 saturated heterocycles. The number of fused-ring (bicyclic) bond motifs is 2. The zero-order valence-electron chi connectivity index (χ0n) is 14.2. The molecule has 5 rings (SSSR count). The summed E-state index contributed by atoms with van der Waals surface area (Å²) in [5.74, 6) is 0.444. The summed E-state index contributed by atoms with van der Waals surface area (Å²) in [5.41, 5.74) is 1.63. The molecule has 0 aromatic heterocycles. The Kier molecular flexibility index (Phi) is 3.88. The highest BCUT2D eigenvalue weighted by molar-refractivity contribution is 7.99. The standard InChI is InChI=1S/C21H15ClN2O2S/c22-15-10-8-14(9-11-15)20-24-18(12-27-20)19(25)23(21(24)26)17-7-3-5-13-4-1-2-6-16(13)17/h1-11,18,20H,12H2/t18-,20-/m0/s1. The van der Waals surface area contributed by atoms with Crippen molar-refractivity contribution >= 4 is 51.8 Å². The van der Waals surface area contributed by atoms with Crippen LogP contribution in [0.15, 0.2) is 66.7 Å². The van der Waals surface area contributed by atoms with Crippen molar-refractivity contribution in [2.45, 2.75) is 11.4 Å². The number of carbonyl (C=O) groups is 2. The van der Waals surface area contributed by atoms with Gasteiger partial charge in [0, 0.05) is 16.2 Å². The molecule has 27 heavy (non-hydrogen) atoms. The number of rotatable bonds is 2. The number of amides is 3. The van der Waals surface area contributed by atoms with Crippen LogP contribution >= 0.6 is 23.4 Å². The largest absolute Gasteiger partial charge is 0.333 e. The Bertz CT molecular complexity index is 1060. The van der Waals surface area contributed by atoms with E-state index in [1.165, 1.54) is 4.90 Å². The van der Waals surface area contributed by atoms with E-state index in [0.717, 1.165) is 16.3 Å². The molecular formula is C21H15ClN2O2S. The number of nitrogens with zero attached hydrogens (tertiary/aromatic N) is 2. The van der Waals surface area contributed by atoms with Crippen LogP contribution in [0.2, 0.25) is 5.02 Å². The van der Waals surface area contributed by atoms with Crippen molar-refractivity contribution in [2.75, 3.05) is 10.7 Å². The third-order valence-electron chi connectivity index (χ3n) is 5.08. The Morgan fingerprint density at radius 2 is 1.67 bits per heavy atom. The van der Waals surface area contributed by atoms with Gasteiger partial charge in [-0.1, -0.05) is 60.1 Å². The Balaban J connectivity index is 1.56. The van der Waals surface area contributed by atoms with E-state index < -0.39 is 6.04 Å². The minimum Gasteiger partial charge on any atom is -0.295 e. The van der Waals surface area contributed by atoms with E-state index in [1.54, 1.807) is 16.7 Å². The van der Waals surface area contributed by atoms with Crippen molar-refractivity contribution in [3.8, 4) is 0 Å². The van der Waals surface area contributed by atoms with Crippen molar-refractivity contribution in [1.82, 2.24) is 4.90 Å². The molecule has 0 aliphatic carbocycles. The van der Waals surface area contributed by atoms with E-state index in [2.05, 4.69) is 0 Å². The molecule has 2 atom stereocenters. The summed E-state index contributed by atoms with van der Waals surface area (Å²) in [6.45, 7) is 0. The minimum absolute atomic E-state index is 0.152. The molecule has 2 aliphatic heterocycles. The summed E-state index contributed by atoms with van der Waals surface area (Å²) in [5, 5.41) is 2.38. The summed E-state index contributed by atoms with van der Waals surface area (Å²) < 4.78 is 0. The second kappa shape index (κ2) is 6.29. The van der Waals surface area contributed by atoms with Crippen LogP contribution in [0.25, 0.3) is 10.8 Å². The predicted octanol–water partition coefficient (Wildman–Crippen LogP) is 5.08. The molecule has 4 nitrogen and oxygen atoms in total. The van der Waals surface area contributed by atoms with E-state index in [9.17, 15) is 9.59 Å². The van der Waals surface area contributed by atoms with Crippen LogP contribution in [0.5, 0.6) is 0 Å². The molecular weight excluding hydrogens is 380 g/mol. The highest BCUT2D eigenvalue weighted by Crippen LogP contribution is 2.46. The summed E-state index contributed by atoms with van der Waals surface area (Å²) in [6, 6.07) is 20.3. The van der Waals surface area contributed by atoms with E-state index in [4.69, 9.17) is 11.6 Å². The Labute approximate surface area is 165 Å². The fourth-order valence-corrected chi connectivity index (χ4v) is 5.34. The number of carbonyl (C=O) groups excluding carboxylic acids is 2. The van der Waals surface area contributed by atoms with Gasteiger partial charge < -0.3 is 0 Å². The number of urea groups is 1. The predicted molar refractivity (Wildman–Crippen MR) is 109 cm³/mol. The molecule has 2 heterocycles. The number of hydrogen-bond donors (Lipinski definition) is 0. The molecule has 3 aromatic carbocycles. The highest BCUT2D eigenvalue weighted by atomic mass is 35.5. The maximum atomic E-state index is 13.3. The van der Waals surface area contributed by atoms with Crippen molar-refractivity contribution in [3.05, 3.63) is 77.3 Å². The van der Waals surface area contributed by atoms with Crippen molar-refractivity contribution in [3.63, 3.8) is 0 Å². The number of benzene rings is 3. The monoisotopic (exact) mass is 394 g/mol. The maximum absolute atomic E-state index is 13.3. The van der Waals surface area contributed by atoms with Crippen LogP contribution in [-0.2, 0) is 4.79 Å². The lowest BCUT2D eigenvalue weighted by molar-refractivity contribution is -0.119. The Morgan fingerprint density at radius 3 is 2.48 bits per heavy atom. The SMILES string of the molecule is O=C1[C@@H]2CS[C@@H](c3ccc(Cl)cc3)N2C(=O)N1c1cccc2ccccc12. The van der Waals surface area contributed by atoms with Crippen LogP contribution in [0.1, 0.15) is 10.9 Å². The van der Waals surface area contributed by atoms with Gasteiger partial charge >= 0.3 is 6.03 Å². The number of anilines is 1. The number of halogens is 1. The zero-order valence-corrected chi connectivity index (χ0v) is 15.8. The second-order valence-corrected chi connectivity index (χ2v) is 8.16. The molecule has 2 fully saturated rings. The first-order valence-electron chi connectivity index (χ1n) is 8.66. The molecule has 0 N–H and O–H groups in total. The third kappa shape index (κ3) is 2.53. The average Bonchev–Trinajstić information content (AvgIpc) is 3.23. The van der Waals surface area contributed by atoms with Gasteiger partial charge in [-0.05, 0) is 29.1 Å². The zero-order chi connectivity index (χ0) is 18.5. The average molecular weight is 395 g/mol. The van der Waals surface area contributed by atoms with Crippen LogP contribution in [0.4, 0.5) is 10.5 Å². The molecule has 0 saturated carbocycles. The van der Waals surface area contributed by atoms with E-state index in [1.807, 2.05) is 66.7 Å². The summed E-state index contributed by atoms with van der Waals surface area (Å²) in [4.78, 5) is 29.4. The van der Waals surface area contributed by atoms with Crippen LogP contribution < -0.4 is 4.90 Å². The minimum atomic E-state index is -0.429. The van der Waals surface area contributed by atoms with Gasteiger partial charge in [0.25, 0.3) is 5.91 Å². The van der Waals surface area contributed by atoms with Crippen LogP contribution in [-0.4, -0.2) is 28.6 Å². The van der Waals surface area contributed by atoms with E-state index in [0.29, 0.717) is 16.5 Å².